The average Bonchev–Trinajstić information content (AvgIpc) is 2.35. The van der Waals surface area contributed by atoms with E-state index >= 15 is 0 Å². The van der Waals surface area contributed by atoms with Gasteiger partial charge in [0.15, 0.2) is 11.5 Å². The molecule has 0 saturated heterocycles. The Morgan fingerprint density at radius 1 is 1.13 bits per heavy atom. The Balaban J connectivity index is 3.71. The van der Waals surface area contributed by atoms with Gasteiger partial charge >= 0.3 is 6.16 Å². The lowest BCUT2D eigenvalue weighted by Gasteiger charge is -2.29. The number of benzene rings is 1. The first-order valence-electron chi connectivity index (χ1n) is 7.84. The molecule has 0 saturated carbocycles. The molecular weight excluding hydrogens is 296 g/mol. The molecule has 0 aliphatic rings. The van der Waals surface area contributed by atoms with E-state index in [4.69, 9.17) is 14.6 Å². The highest BCUT2D eigenvalue weighted by Gasteiger charge is 2.32. The number of aromatic hydroxyl groups is 1. The number of hydrogen-bond acceptors (Lipinski definition) is 4. The molecule has 2 N–H and O–H groups in total. The molecule has 0 aliphatic carbocycles. The molecule has 1 rings (SSSR count). The molecule has 0 heterocycles. The molecule has 0 spiro atoms. The third-order valence-electron chi connectivity index (χ3n) is 3.43. The molecule has 130 valence electrons. The van der Waals surface area contributed by atoms with E-state index < -0.39 is 17.0 Å². The van der Waals surface area contributed by atoms with Crippen LogP contribution in [0.25, 0.3) is 0 Å². The largest absolute Gasteiger partial charge is 0.511 e. The predicted octanol–water partition coefficient (Wildman–Crippen LogP) is 4.83. The molecule has 0 amide bonds. The number of carbonyl (C=O) groups is 1. The van der Waals surface area contributed by atoms with Gasteiger partial charge in [-0.15, -0.1) is 0 Å². The van der Waals surface area contributed by atoms with Crippen molar-refractivity contribution in [1.82, 2.24) is 0 Å². The Morgan fingerprint density at radius 3 is 2.09 bits per heavy atom. The summed E-state index contributed by atoms with van der Waals surface area (Å²) in [5.74, 6) is 0.386. The van der Waals surface area contributed by atoms with Crippen molar-refractivity contribution >= 4 is 6.16 Å². The highest BCUT2D eigenvalue weighted by molar-refractivity contribution is 5.69. The van der Waals surface area contributed by atoms with Gasteiger partial charge in [-0.1, -0.05) is 48.5 Å². The lowest BCUT2D eigenvalue weighted by Crippen LogP contribution is -2.20. The van der Waals surface area contributed by atoms with E-state index in [1.807, 2.05) is 48.5 Å². The molecule has 5 nitrogen and oxygen atoms in total. The molecule has 23 heavy (non-hydrogen) atoms. The molecule has 0 fully saturated rings. The number of hydrogen-bond donors (Lipinski definition) is 2. The van der Waals surface area contributed by atoms with Crippen molar-refractivity contribution in [2.45, 2.75) is 65.7 Å². The van der Waals surface area contributed by atoms with Gasteiger partial charge in [0.1, 0.15) is 5.75 Å². The van der Waals surface area contributed by atoms with Crippen molar-refractivity contribution in [1.29, 1.82) is 0 Å². The number of carboxylic acid groups (broad SMARTS) is 1. The topological polar surface area (TPSA) is 76.0 Å². The van der Waals surface area contributed by atoms with E-state index in [1.165, 1.54) is 0 Å². The maximum absolute atomic E-state index is 11.1. The summed E-state index contributed by atoms with van der Waals surface area (Å²) in [5.41, 5.74) is 0.301. The van der Waals surface area contributed by atoms with Crippen LogP contribution in [0, 0.1) is 0 Å². The minimum Gasteiger partial charge on any atom is -0.504 e. The summed E-state index contributed by atoms with van der Waals surface area (Å²) in [4.78, 5) is 11.1. The monoisotopic (exact) mass is 324 g/mol. The van der Waals surface area contributed by atoms with Crippen LogP contribution in [-0.2, 0) is 10.8 Å². The normalized spacial score (nSPS) is 12.1. The predicted molar refractivity (Wildman–Crippen MR) is 89.9 cm³/mol. The smallest absolute Gasteiger partial charge is 0.504 e. The van der Waals surface area contributed by atoms with Gasteiger partial charge in [-0.05, 0) is 23.3 Å². The third-order valence-corrected chi connectivity index (χ3v) is 3.43. The second-order valence-electron chi connectivity index (χ2n) is 7.69. The average molecular weight is 324 g/mol. The van der Waals surface area contributed by atoms with E-state index in [-0.39, 0.29) is 11.5 Å². The molecule has 0 aliphatic heterocycles. The minimum atomic E-state index is -1.45. The van der Waals surface area contributed by atoms with Gasteiger partial charge in [-0.25, -0.2) is 4.79 Å². The van der Waals surface area contributed by atoms with Gasteiger partial charge in [0.25, 0.3) is 0 Å². The number of rotatable bonds is 4. The van der Waals surface area contributed by atoms with Gasteiger partial charge in [0.2, 0.25) is 0 Å². The van der Waals surface area contributed by atoms with Crippen LogP contribution in [-0.4, -0.2) is 23.0 Å². The highest BCUT2D eigenvalue weighted by Crippen LogP contribution is 2.49. The number of phenolic OH excluding ortho intramolecular Hbond substituents is 1. The molecule has 5 heteroatoms. The maximum Gasteiger partial charge on any atom is 0.511 e. The fourth-order valence-electron chi connectivity index (χ4n) is 2.42. The lowest BCUT2D eigenvalue weighted by atomic mass is 9.80. The Bertz CT molecular complexity index is 577. The van der Waals surface area contributed by atoms with Gasteiger partial charge in [-0.2, -0.15) is 0 Å². The summed E-state index contributed by atoms with van der Waals surface area (Å²) in [7, 11) is 0. The second-order valence-corrected chi connectivity index (χ2v) is 7.69. The van der Waals surface area contributed by atoms with E-state index in [0.29, 0.717) is 23.5 Å². The maximum atomic E-state index is 11.1. The summed E-state index contributed by atoms with van der Waals surface area (Å²) in [5, 5.41) is 19.8. The summed E-state index contributed by atoms with van der Waals surface area (Å²) in [6, 6.07) is 1.79. The van der Waals surface area contributed by atoms with Crippen molar-refractivity contribution in [3.05, 3.63) is 17.2 Å². The van der Waals surface area contributed by atoms with Crippen molar-refractivity contribution in [3.8, 4) is 17.2 Å². The number of phenols is 1. The quantitative estimate of drug-likeness (QED) is 0.612. The van der Waals surface area contributed by atoms with E-state index in [0.717, 1.165) is 6.42 Å². The Hall–Kier alpha value is -1.91. The zero-order valence-corrected chi connectivity index (χ0v) is 15.1. The zero-order valence-electron chi connectivity index (χ0n) is 15.1. The van der Waals surface area contributed by atoms with E-state index in [1.54, 1.807) is 6.07 Å². The van der Waals surface area contributed by atoms with Crippen LogP contribution >= 0.6 is 0 Å². The fraction of sp³-hybridized carbons (Fsp3) is 0.611. The Morgan fingerprint density at radius 2 is 1.70 bits per heavy atom. The van der Waals surface area contributed by atoms with Crippen molar-refractivity contribution in [3.63, 3.8) is 0 Å². The van der Waals surface area contributed by atoms with Gasteiger partial charge < -0.3 is 19.7 Å². The molecule has 1 aromatic rings. The second kappa shape index (κ2) is 6.69. The molecule has 1 aromatic carbocycles. The molecule has 0 bridgehead atoms. The summed E-state index contributed by atoms with van der Waals surface area (Å²) < 4.78 is 10.7. The van der Waals surface area contributed by atoms with Crippen LogP contribution in [0.4, 0.5) is 4.79 Å². The third kappa shape index (κ3) is 4.53. The SMILES string of the molecule is CCCOc1cc(C(C)(C)C)c(OC(=O)O)c(O)c1C(C)(C)C. The molecule has 0 radical (unpaired) electrons. The lowest BCUT2D eigenvalue weighted by molar-refractivity contribution is 0.141. The number of ether oxygens (including phenoxy) is 2. The van der Waals surface area contributed by atoms with Crippen molar-refractivity contribution < 1.29 is 24.5 Å². The Kier molecular flexibility index (Phi) is 5.56. The first-order valence-corrected chi connectivity index (χ1v) is 7.84. The first-order chi connectivity index (χ1) is 10.4. The Labute approximate surface area is 138 Å². The standard InChI is InChI=1S/C18H28O5/c1-8-9-22-12-10-11(17(2,3)4)15(23-16(20)21)14(19)13(12)18(5,6)7/h10,19H,8-9H2,1-7H3,(H,20,21). The minimum absolute atomic E-state index is 0.0150. The molecule has 0 atom stereocenters. The van der Waals surface area contributed by atoms with Crippen LogP contribution < -0.4 is 9.47 Å². The fourth-order valence-corrected chi connectivity index (χ4v) is 2.42. The summed E-state index contributed by atoms with van der Waals surface area (Å²) >= 11 is 0. The van der Waals surface area contributed by atoms with Crippen LogP contribution in [0.15, 0.2) is 6.07 Å². The molecule has 0 aromatic heterocycles. The van der Waals surface area contributed by atoms with Crippen LogP contribution in [0.3, 0.4) is 0 Å². The van der Waals surface area contributed by atoms with Crippen molar-refractivity contribution in [2.24, 2.45) is 0 Å². The highest BCUT2D eigenvalue weighted by atomic mass is 16.7. The van der Waals surface area contributed by atoms with Crippen LogP contribution in [0.2, 0.25) is 0 Å². The van der Waals surface area contributed by atoms with Gasteiger partial charge in [0.05, 0.1) is 6.61 Å². The summed E-state index contributed by atoms with van der Waals surface area (Å²) in [6.07, 6.45) is -0.615. The van der Waals surface area contributed by atoms with Crippen LogP contribution in [0.1, 0.15) is 66.0 Å². The van der Waals surface area contributed by atoms with Gasteiger partial charge in [-0.3, -0.25) is 0 Å². The van der Waals surface area contributed by atoms with Crippen molar-refractivity contribution in [2.75, 3.05) is 6.61 Å². The first kappa shape index (κ1) is 19.1. The van der Waals surface area contributed by atoms with E-state index in [9.17, 15) is 9.90 Å². The molecule has 0 unspecified atom stereocenters. The summed E-state index contributed by atoms with van der Waals surface area (Å²) in [6.45, 7) is 14.1. The molecular formula is C18H28O5. The van der Waals surface area contributed by atoms with Gasteiger partial charge in [0, 0.05) is 11.1 Å². The van der Waals surface area contributed by atoms with E-state index in [2.05, 4.69) is 0 Å². The zero-order chi connectivity index (χ0) is 18.0. The van der Waals surface area contributed by atoms with Crippen LogP contribution in [0.5, 0.6) is 17.2 Å².